The number of hydrogen-bond donors (Lipinski definition) is 2. The number of aromatic nitrogens is 1. The summed E-state index contributed by atoms with van der Waals surface area (Å²) in [6.45, 7) is 3.48. The van der Waals surface area contributed by atoms with Gasteiger partial charge < -0.3 is 19.3 Å². The summed E-state index contributed by atoms with van der Waals surface area (Å²) < 4.78 is 15.8. The molecule has 200 valence electrons. The van der Waals surface area contributed by atoms with Crippen LogP contribution in [0.25, 0.3) is 11.3 Å². The van der Waals surface area contributed by atoms with Crippen LogP contribution < -0.4 is 10.6 Å². The van der Waals surface area contributed by atoms with E-state index in [0.29, 0.717) is 34.7 Å². The Morgan fingerprint density at radius 1 is 0.923 bits per heavy atom. The molecule has 4 rings (SSSR count). The van der Waals surface area contributed by atoms with Gasteiger partial charge in [0.25, 0.3) is 5.91 Å². The first-order chi connectivity index (χ1) is 18.9. The Morgan fingerprint density at radius 2 is 1.56 bits per heavy atom. The number of hydrogen-bond acceptors (Lipinski definition) is 7. The number of esters is 1. The smallest absolute Gasteiger partial charge is 0.412 e. The number of nitrogens with one attached hydrogen (secondary N) is 2. The molecule has 0 bridgehead atoms. The van der Waals surface area contributed by atoms with Gasteiger partial charge in [-0.15, -0.1) is 0 Å². The molecule has 2 amide bonds. The van der Waals surface area contributed by atoms with Crippen LogP contribution in [-0.2, 0) is 20.7 Å². The molecular formula is C30H29N3O6. The highest BCUT2D eigenvalue weighted by Crippen LogP contribution is 2.31. The zero-order valence-electron chi connectivity index (χ0n) is 21.8. The van der Waals surface area contributed by atoms with E-state index in [1.807, 2.05) is 60.7 Å². The average Bonchev–Trinajstić information content (AvgIpc) is 3.32. The molecule has 39 heavy (non-hydrogen) atoms. The molecule has 3 aromatic carbocycles. The molecule has 1 aromatic heterocycles. The monoisotopic (exact) mass is 527 g/mol. The minimum Gasteiger partial charge on any atom is -0.467 e. The van der Waals surface area contributed by atoms with Gasteiger partial charge in [-0.25, -0.2) is 9.59 Å². The molecule has 1 unspecified atom stereocenters. The number of ether oxygens (including phenoxy) is 2. The van der Waals surface area contributed by atoms with Crippen LogP contribution in [0.15, 0.2) is 89.5 Å². The molecule has 9 heteroatoms. The number of anilines is 1. The zero-order chi connectivity index (χ0) is 27.8. The summed E-state index contributed by atoms with van der Waals surface area (Å²) in [6.07, 6.45) is -0.812. The van der Waals surface area contributed by atoms with Crippen molar-refractivity contribution < 1.29 is 28.4 Å². The average molecular weight is 528 g/mol. The predicted octanol–water partition coefficient (Wildman–Crippen LogP) is 5.47. The van der Waals surface area contributed by atoms with Crippen LogP contribution in [0, 0.1) is 6.92 Å². The molecule has 1 heterocycles. The highest BCUT2D eigenvalue weighted by Gasteiger charge is 2.24. The Balaban J connectivity index is 1.44. The summed E-state index contributed by atoms with van der Waals surface area (Å²) in [5.74, 6) is -0.649. The maximum atomic E-state index is 12.9. The van der Waals surface area contributed by atoms with Crippen molar-refractivity contribution >= 4 is 23.7 Å². The molecule has 2 atom stereocenters. The lowest BCUT2D eigenvalue weighted by Crippen LogP contribution is -2.43. The van der Waals surface area contributed by atoms with Crippen molar-refractivity contribution in [3.05, 3.63) is 107 Å². The van der Waals surface area contributed by atoms with Crippen LogP contribution in [0.4, 0.5) is 10.5 Å². The van der Waals surface area contributed by atoms with E-state index >= 15 is 0 Å². The highest BCUT2D eigenvalue weighted by molar-refractivity contribution is 5.97. The maximum absolute atomic E-state index is 12.9. The van der Waals surface area contributed by atoms with Crippen LogP contribution in [0.3, 0.4) is 0 Å². The molecule has 0 fully saturated rings. The summed E-state index contributed by atoms with van der Waals surface area (Å²) in [4.78, 5) is 37.8. The lowest BCUT2D eigenvalue weighted by molar-refractivity contribution is -0.142. The van der Waals surface area contributed by atoms with Crippen LogP contribution in [0.1, 0.15) is 40.2 Å². The predicted molar refractivity (Wildman–Crippen MR) is 145 cm³/mol. The normalized spacial score (nSPS) is 12.2. The third-order valence-electron chi connectivity index (χ3n) is 6.13. The topological polar surface area (TPSA) is 120 Å². The second kappa shape index (κ2) is 12.6. The van der Waals surface area contributed by atoms with E-state index in [0.717, 1.165) is 11.1 Å². The van der Waals surface area contributed by atoms with Crippen molar-refractivity contribution in [2.45, 2.75) is 32.4 Å². The van der Waals surface area contributed by atoms with Gasteiger partial charge in [0.05, 0.1) is 7.11 Å². The summed E-state index contributed by atoms with van der Waals surface area (Å²) in [7, 11) is 1.28. The molecule has 0 spiro atoms. The van der Waals surface area contributed by atoms with Crippen molar-refractivity contribution in [1.29, 1.82) is 0 Å². The number of amides is 2. The van der Waals surface area contributed by atoms with E-state index in [9.17, 15) is 14.4 Å². The lowest BCUT2D eigenvalue weighted by Gasteiger charge is -2.17. The van der Waals surface area contributed by atoms with Crippen LogP contribution in [-0.4, -0.2) is 36.3 Å². The van der Waals surface area contributed by atoms with Crippen molar-refractivity contribution in [3.63, 3.8) is 0 Å². The number of rotatable bonds is 9. The molecule has 0 radical (unpaired) electrons. The molecule has 0 saturated heterocycles. The fourth-order valence-electron chi connectivity index (χ4n) is 4.00. The van der Waals surface area contributed by atoms with E-state index in [1.54, 1.807) is 38.1 Å². The van der Waals surface area contributed by atoms with Crippen molar-refractivity contribution in [2.75, 3.05) is 12.4 Å². The summed E-state index contributed by atoms with van der Waals surface area (Å²) >= 11 is 0. The molecular weight excluding hydrogens is 498 g/mol. The highest BCUT2D eigenvalue weighted by atomic mass is 16.6. The van der Waals surface area contributed by atoms with Gasteiger partial charge in [-0.05, 0) is 37.1 Å². The minimum atomic E-state index is -0.846. The van der Waals surface area contributed by atoms with Gasteiger partial charge in [0, 0.05) is 17.5 Å². The SMILES string of the molecule is COC(=O)[C@@H](Cc1ccccc1)NC(=O)c1ccc(-c2onc(C)c2NC(=O)OC(C)c2ccccc2)cc1. The van der Waals surface area contributed by atoms with E-state index in [-0.39, 0.29) is 0 Å². The van der Waals surface area contributed by atoms with Crippen LogP contribution in [0.5, 0.6) is 0 Å². The number of nitrogens with zero attached hydrogens (tertiary/aromatic N) is 1. The molecule has 0 aliphatic rings. The van der Waals surface area contributed by atoms with Gasteiger partial charge in [-0.1, -0.05) is 78.0 Å². The largest absolute Gasteiger partial charge is 0.467 e. The summed E-state index contributed by atoms with van der Waals surface area (Å²) in [6, 6.07) is 24.4. The third-order valence-corrected chi connectivity index (χ3v) is 6.13. The fourth-order valence-corrected chi connectivity index (χ4v) is 4.00. The molecule has 2 N–H and O–H groups in total. The second-order valence-electron chi connectivity index (χ2n) is 8.87. The standard InChI is InChI=1S/C30H29N3O6/c1-19-26(32-30(36)38-20(2)22-12-8-5-9-13-22)27(39-33-19)23-14-16-24(17-15-23)28(34)31-25(29(35)37-3)18-21-10-6-4-7-11-21/h4-17,20,25H,18H2,1-3H3,(H,31,34)(H,32,36)/t20?,25-/m1/s1. The first-order valence-corrected chi connectivity index (χ1v) is 12.4. The fraction of sp³-hybridized carbons (Fsp3) is 0.200. The Hall–Kier alpha value is -4.92. The van der Waals surface area contributed by atoms with E-state index in [2.05, 4.69) is 15.8 Å². The quantitative estimate of drug-likeness (QED) is 0.277. The van der Waals surface area contributed by atoms with E-state index < -0.39 is 30.1 Å². The Morgan fingerprint density at radius 3 is 2.21 bits per heavy atom. The van der Waals surface area contributed by atoms with Gasteiger partial charge in [-0.2, -0.15) is 0 Å². The first-order valence-electron chi connectivity index (χ1n) is 12.4. The van der Waals surface area contributed by atoms with Gasteiger partial charge in [0.2, 0.25) is 0 Å². The number of benzene rings is 3. The molecule has 0 aliphatic carbocycles. The molecule has 0 saturated carbocycles. The second-order valence-corrected chi connectivity index (χ2v) is 8.87. The summed E-state index contributed by atoms with van der Waals surface area (Å²) in [5.41, 5.74) is 3.52. The molecule has 4 aromatic rings. The molecule has 0 aliphatic heterocycles. The first kappa shape index (κ1) is 27.1. The summed E-state index contributed by atoms with van der Waals surface area (Å²) in [5, 5.41) is 9.43. The van der Waals surface area contributed by atoms with Crippen molar-refractivity contribution in [2.24, 2.45) is 0 Å². The molecule has 9 nitrogen and oxygen atoms in total. The number of methoxy groups -OCH3 is 1. The van der Waals surface area contributed by atoms with Crippen LogP contribution >= 0.6 is 0 Å². The van der Waals surface area contributed by atoms with E-state index in [4.69, 9.17) is 14.0 Å². The van der Waals surface area contributed by atoms with Crippen molar-refractivity contribution in [3.8, 4) is 11.3 Å². The van der Waals surface area contributed by atoms with Crippen molar-refractivity contribution in [1.82, 2.24) is 10.5 Å². The van der Waals surface area contributed by atoms with Gasteiger partial charge in [0.1, 0.15) is 23.5 Å². The Bertz CT molecular complexity index is 1420. The minimum absolute atomic E-state index is 0.294. The maximum Gasteiger partial charge on any atom is 0.412 e. The van der Waals surface area contributed by atoms with Gasteiger partial charge in [-0.3, -0.25) is 10.1 Å². The third kappa shape index (κ3) is 6.89. The van der Waals surface area contributed by atoms with Gasteiger partial charge in [0.15, 0.2) is 5.76 Å². The van der Waals surface area contributed by atoms with E-state index in [1.165, 1.54) is 7.11 Å². The van der Waals surface area contributed by atoms with Crippen LogP contribution in [0.2, 0.25) is 0 Å². The number of aryl methyl sites for hydroxylation is 1. The van der Waals surface area contributed by atoms with Gasteiger partial charge >= 0.3 is 12.1 Å². The lowest BCUT2D eigenvalue weighted by atomic mass is 10.0. The number of carbonyl (C=O) groups is 3. The Labute approximate surface area is 226 Å². The Kier molecular flexibility index (Phi) is 8.73. The zero-order valence-corrected chi connectivity index (χ0v) is 21.8. The number of carbonyl (C=O) groups excluding carboxylic acids is 3.